The predicted octanol–water partition coefficient (Wildman–Crippen LogP) is 3.19. The molecule has 356 valence electrons. The van der Waals surface area contributed by atoms with Gasteiger partial charge in [-0.2, -0.15) is 0 Å². The molecular weight excluding hydrogens is 829 g/mol. The minimum absolute atomic E-state index is 0.0597. The first-order valence-corrected chi connectivity index (χ1v) is 24.4. The standard InChI is InChI=1S/C51H72N4O10/c1-26-7-8-27-9-10-31-33(32(27)17-26)18-28(35-25-65-46(62)43(35)30-12-15-54-24-30)5-4-6-29-22-51(64)37-20-39(56)38-21-40(57)41(58)23-48(38,2)36(37)11-13-50(51,14-16-55-47(52)53)44(29)49(3,63)42(59)19-34(31)45(60)61/h9,12,15,20,24,26,28-29,31-36,38,40-45,54,57-61,63-64H,6-8,10-11,13-14,16-19,21-23,25H2,1-3H3,(H4,52,53,55). The number of hydrogen-bond acceptors (Lipinski definition) is 11. The molecular formula is C51H72N4O10. The van der Waals surface area contributed by atoms with E-state index in [1.54, 1.807) is 19.2 Å². The summed E-state index contributed by atoms with van der Waals surface area (Å²) in [6.45, 7) is 6.12. The van der Waals surface area contributed by atoms with Crippen molar-refractivity contribution in [3.8, 4) is 11.8 Å². The molecule has 9 rings (SSSR count). The quantitative estimate of drug-likeness (QED) is 0.0493. The van der Waals surface area contributed by atoms with E-state index in [1.165, 1.54) is 5.57 Å². The molecule has 7 aliphatic carbocycles. The molecule has 1 aromatic heterocycles. The minimum atomic E-state index is -1.92. The molecule has 12 N–H and O–H groups in total. The normalized spacial score (nSPS) is 47.3. The largest absolute Gasteiger partial charge is 0.465 e. The highest BCUT2D eigenvalue weighted by Gasteiger charge is 2.73. The van der Waals surface area contributed by atoms with Gasteiger partial charge in [0, 0.05) is 60.4 Å². The molecule has 5 fully saturated rings. The van der Waals surface area contributed by atoms with Gasteiger partial charge >= 0.3 is 5.97 Å². The second-order valence-electron chi connectivity index (χ2n) is 22.4. The molecule has 0 amide bonds. The second-order valence-corrected chi connectivity index (χ2v) is 22.4. The number of nitrogens with one attached hydrogen (secondary N) is 1. The van der Waals surface area contributed by atoms with E-state index in [1.807, 2.05) is 19.2 Å². The van der Waals surface area contributed by atoms with Crippen molar-refractivity contribution in [3.05, 3.63) is 47.3 Å². The molecule has 1 aromatic rings. The Kier molecular flexibility index (Phi) is 12.3. The smallest absolute Gasteiger partial charge is 0.313 e. The van der Waals surface area contributed by atoms with E-state index in [0.717, 1.165) is 24.8 Å². The number of nitrogens with zero attached hydrogens (tertiary/aromatic N) is 1. The summed E-state index contributed by atoms with van der Waals surface area (Å²) in [5.74, 6) is 2.56. The summed E-state index contributed by atoms with van der Waals surface area (Å²) in [6, 6.07) is 1.90. The Morgan fingerprint density at radius 3 is 2.51 bits per heavy atom. The third-order valence-electron chi connectivity index (χ3n) is 19.1. The first-order valence-electron chi connectivity index (χ1n) is 24.4. The number of rotatable bonds is 6. The number of fused-ring (bicyclic) bond motifs is 10. The maximum Gasteiger partial charge on any atom is 0.313 e. The summed E-state index contributed by atoms with van der Waals surface area (Å²) in [6.07, 6.45) is 7.75. The monoisotopic (exact) mass is 901 g/mol. The van der Waals surface area contributed by atoms with Crippen LogP contribution in [0.2, 0.25) is 0 Å². The number of esters is 1. The Morgan fingerprint density at radius 2 is 1.78 bits per heavy atom. The predicted molar refractivity (Wildman–Crippen MR) is 241 cm³/mol. The molecule has 4 saturated carbocycles. The van der Waals surface area contributed by atoms with E-state index < -0.39 is 76.2 Å². The minimum Gasteiger partial charge on any atom is -0.465 e. The number of carbonyl (C=O) groups excluding carboxylic acids is 2. The van der Waals surface area contributed by atoms with Crippen molar-refractivity contribution >= 4 is 17.7 Å². The van der Waals surface area contributed by atoms with E-state index in [4.69, 9.17) is 16.2 Å². The number of H-pyrrole nitrogens is 1. The Labute approximate surface area is 382 Å². The van der Waals surface area contributed by atoms with Crippen LogP contribution in [0.1, 0.15) is 116 Å². The van der Waals surface area contributed by atoms with Crippen molar-refractivity contribution in [3.63, 3.8) is 0 Å². The van der Waals surface area contributed by atoms with Crippen LogP contribution in [0, 0.1) is 87.8 Å². The fourth-order valence-corrected chi connectivity index (χ4v) is 16.1. The number of aromatic nitrogens is 1. The number of aliphatic imine (C=N–C) groups is 1. The van der Waals surface area contributed by atoms with Crippen LogP contribution >= 0.6 is 0 Å². The Balaban J connectivity index is 1.19. The topological polar surface area (TPSA) is 265 Å². The van der Waals surface area contributed by atoms with Crippen LogP contribution in [0.15, 0.2) is 46.8 Å². The van der Waals surface area contributed by atoms with Crippen molar-refractivity contribution in [2.45, 2.75) is 146 Å². The summed E-state index contributed by atoms with van der Waals surface area (Å²) < 4.78 is 5.84. The lowest BCUT2D eigenvalue weighted by Gasteiger charge is -2.61. The number of aliphatic hydroxyl groups excluding tert-OH is 4. The number of carbonyl (C=O) groups is 2. The number of aliphatic hydroxyl groups is 7. The molecule has 1 aliphatic heterocycles. The zero-order valence-electron chi connectivity index (χ0n) is 38.2. The molecule has 8 aliphatic rings. The van der Waals surface area contributed by atoms with Gasteiger partial charge in [0.05, 0.1) is 42.0 Å². The number of ketones is 1. The molecule has 1 saturated heterocycles. The Morgan fingerprint density at radius 1 is 1.00 bits per heavy atom. The lowest BCUT2D eigenvalue weighted by molar-refractivity contribution is -0.196. The molecule has 0 radical (unpaired) electrons. The molecule has 0 bridgehead atoms. The van der Waals surface area contributed by atoms with Crippen LogP contribution in [0.3, 0.4) is 0 Å². The van der Waals surface area contributed by atoms with Gasteiger partial charge in [0.25, 0.3) is 0 Å². The average molecular weight is 901 g/mol. The van der Waals surface area contributed by atoms with Gasteiger partial charge in [-0.3, -0.25) is 14.6 Å². The van der Waals surface area contributed by atoms with E-state index >= 15 is 0 Å². The number of guanidine groups is 1. The van der Waals surface area contributed by atoms with Gasteiger partial charge in [-0.25, -0.2) is 0 Å². The van der Waals surface area contributed by atoms with Gasteiger partial charge in [0.1, 0.15) is 0 Å². The fourth-order valence-electron chi connectivity index (χ4n) is 16.1. The molecule has 0 spiro atoms. The third-order valence-corrected chi connectivity index (χ3v) is 19.1. The Hall–Kier alpha value is -3.55. The molecule has 14 heteroatoms. The first-order chi connectivity index (χ1) is 30.8. The van der Waals surface area contributed by atoms with Crippen molar-refractivity contribution in [2.24, 2.45) is 92.4 Å². The van der Waals surface area contributed by atoms with Gasteiger partial charge in [0.2, 0.25) is 0 Å². The molecule has 2 heterocycles. The zero-order valence-corrected chi connectivity index (χ0v) is 38.2. The highest BCUT2D eigenvalue weighted by atomic mass is 16.5. The summed E-state index contributed by atoms with van der Waals surface area (Å²) >= 11 is 0. The van der Waals surface area contributed by atoms with Crippen molar-refractivity contribution in [1.82, 2.24) is 4.98 Å². The molecule has 19 atom stereocenters. The van der Waals surface area contributed by atoms with Gasteiger partial charge in [-0.05, 0) is 148 Å². The number of hydrogen-bond donors (Lipinski definition) is 10. The van der Waals surface area contributed by atoms with Gasteiger partial charge in [-0.1, -0.05) is 31.4 Å². The Bertz CT molecular complexity index is 2140. The third kappa shape index (κ3) is 7.64. The maximum absolute atomic E-state index is 14.3. The van der Waals surface area contributed by atoms with E-state index in [9.17, 15) is 45.3 Å². The highest BCUT2D eigenvalue weighted by molar-refractivity contribution is 5.95. The van der Waals surface area contributed by atoms with Crippen LogP contribution < -0.4 is 11.5 Å². The molecule has 0 aromatic carbocycles. The number of ether oxygens (including phenoxy) is 1. The summed E-state index contributed by atoms with van der Waals surface area (Å²) in [5, 5.41) is 84.4. The highest BCUT2D eigenvalue weighted by Crippen LogP contribution is 2.72. The van der Waals surface area contributed by atoms with E-state index in [-0.39, 0.29) is 105 Å². The van der Waals surface area contributed by atoms with Crippen LogP contribution in [0.4, 0.5) is 0 Å². The van der Waals surface area contributed by atoms with Crippen molar-refractivity contribution in [1.29, 1.82) is 0 Å². The molecule has 19 unspecified atom stereocenters. The number of allylic oxidation sites excluding steroid dienone is 3. The SMILES string of the molecule is CC1CCC2=CCC3C(C(O)O)CC(O)C(C)(O)C4C(CC#CC(C5COC(=O)C5c5cc[nH]c5)CC3C2C1)CC1(O)C2=CC(=O)C3CC(O)C(O)CC3(C)C2CCC41CCN=C(N)N. The number of aromatic amines is 1. The summed E-state index contributed by atoms with van der Waals surface area (Å²) in [4.78, 5) is 35.4. The van der Waals surface area contributed by atoms with Crippen LogP contribution in [-0.4, -0.2) is 107 Å². The summed E-state index contributed by atoms with van der Waals surface area (Å²) in [7, 11) is 0. The van der Waals surface area contributed by atoms with Crippen LogP contribution in [-0.2, 0) is 14.3 Å². The fraction of sp³-hybridized carbons (Fsp3) is 0.745. The number of nitrogens with two attached hydrogens (primary N) is 2. The van der Waals surface area contributed by atoms with Crippen molar-refractivity contribution < 1.29 is 50.1 Å². The van der Waals surface area contributed by atoms with Crippen LogP contribution in [0.25, 0.3) is 0 Å². The van der Waals surface area contributed by atoms with Gasteiger partial charge < -0.3 is 56.9 Å². The molecule has 14 nitrogen and oxygen atoms in total. The second kappa shape index (κ2) is 17.2. The lowest BCUT2D eigenvalue weighted by Crippen LogP contribution is -2.64. The van der Waals surface area contributed by atoms with Crippen LogP contribution in [0.5, 0.6) is 0 Å². The lowest BCUT2D eigenvalue weighted by atomic mass is 9.44. The number of cyclic esters (lactones) is 1. The van der Waals surface area contributed by atoms with E-state index in [0.29, 0.717) is 37.2 Å². The maximum atomic E-state index is 14.3. The van der Waals surface area contributed by atoms with Crippen molar-refractivity contribution in [2.75, 3.05) is 13.2 Å². The zero-order chi connectivity index (χ0) is 46.4. The van der Waals surface area contributed by atoms with Gasteiger partial charge in [0.15, 0.2) is 18.0 Å². The van der Waals surface area contributed by atoms with E-state index in [2.05, 4.69) is 34.8 Å². The first kappa shape index (κ1) is 46.6. The van der Waals surface area contributed by atoms with Gasteiger partial charge in [-0.15, -0.1) is 5.92 Å². The average Bonchev–Trinajstić information content (AvgIpc) is 3.97. The molecule has 65 heavy (non-hydrogen) atoms. The summed E-state index contributed by atoms with van der Waals surface area (Å²) in [5.41, 5.74) is 8.94.